The van der Waals surface area contributed by atoms with E-state index in [1.165, 1.54) is 12.8 Å². The fourth-order valence-electron chi connectivity index (χ4n) is 5.68. The van der Waals surface area contributed by atoms with Crippen molar-refractivity contribution in [3.05, 3.63) is 40.4 Å². The van der Waals surface area contributed by atoms with Gasteiger partial charge in [-0.05, 0) is 75.7 Å². The highest BCUT2D eigenvalue weighted by atomic mass is 16.5. The van der Waals surface area contributed by atoms with Crippen molar-refractivity contribution < 1.29 is 14.3 Å². The van der Waals surface area contributed by atoms with E-state index in [0.29, 0.717) is 35.2 Å². The summed E-state index contributed by atoms with van der Waals surface area (Å²) in [5, 5.41) is 4.01. The number of benzene rings is 1. The Bertz CT molecular complexity index is 1280. The van der Waals surface area contributed by atoms with Crippen LogP contribution in [0.3, 0.4) is 0 Å². The van der Waals surface area contributed by atoms with Crippen molar-refractivity contribution in [3.63, 3.8) is 0 Å². The molecule has 3 aromatic rings. The number of carbonyl (C=O) groups is 1. The molecule has 8 heteroatoms. The number of methoxy groups -OCH3 is 2. The highest BCUT2D eigenvalue weighted by Gasteiger charge is 2.25. The zero-order chi connectivity index (χ0) is 24.5. The minimum atomic E-state index is -0.186. The molecule has 1 aliphatic heterocycles. The molecule has 188 valence electrons. The largest absolute Gasteiger partial charge is 0.496 e. The minimum absolute atomic E-state index is 0.146. The van der Waals surface area contributed by atoms with Gasteiger partial charge in [0.1, 0.15) is 22.7 Å². The Morgan fingerprint density at radius 1 is 1.03 bits per heavy atom. The van der Waals surface area contributed by atoms with Gasteiger partial charge in [-0.15, -0.1) is 0 Å². The summed E-state index contributed by atoms with van der Waals surface area (Å²) in [4.78, 5) is 29.8. The molecule has 8 nitrogen and oxygen atoms in total. The molecule has 1 aliphatic carbocycles. The first-order valence-corrected chi connectivity index (χ1v) is 12.8. The predicted molar refractivity (Wildman–Crippen MR) is 137 cm³/mol. The predicted octanol–water partition coefficient (Wildman–Crippen LogP) is 3.68. The van der Waals surface area contributed by atoms with Gasteiger partial charge in [-0.3, -0.25) is 14.2 Å². The molecule has 3 heterocycles. The normalized spacial score (nSPS) is 21.0. The van der Waals surface area contributed by atoms with Gasteiger partial charge in [0.15, 0.2) is 0 Å². The summed E-state index contributed by atoms with van der Waals surface area (Å²) >= 11 is 0. The average molecular weight is 481 g/mol. The third kappa shape index (κ3) is 4.51. The molecule has 1 saturated heterocycles. The number of likely N-dealkylation sites (tertiary alicyclic amines) is 1. The Labute approximate surface area is 205 Å². The highest BCUT2D eigenvalue weighted by molar-refractivity contribution is 5.98. The lowest BCUT2D eigenvalue weighted by atomic mass is 9.87. The lowest BCUT2D eigenvalue weighted by molar-refractivity contribution is 0.0910. The Morgan fingerprint density at radius 3 is 2.40 bits per heavy atom. The number of ether oxygens (including phenoxy) is 2. The van der Waals surface area contributed by atoms with Crippen LogP contribution in [-0.4, -0.2) is 59.7 Å². The molecule has 0 unspecified atom stereocenters. The van der Waals surface area contributed by atoms with E-state index in [1.54, 1.807) is 29.4 Å². The van der Waals surface area contributed by atoms with Gasteiger partial charge in [0.2, 0.25) is 0 Å². The first kappa shape index (κ1) is 23.7. The molecule has 0 spiro atoms. The number of hydrogen-bond donors (Lipinski definition) is 1. The van der Waals surface area contributed by atoms with E-state index < -0.39 is 0 Å². The summed E-state index contributed by atoms with van der Waals surface area (Å²) in [5.41, 5.74) is 1.45. The SMILES string of the molecule is COc1ccc(OC)c2c1cc1c(=O)n(CCN3CCCC3)c(C(=O)NC3CCC(C)CC3)cn12. The molecule has 1 aromatic carbocycles. The third-order valence-corrected chi connectivity index (χ3v) is 7.79. The number of carbonyl (C=O) groups excluding carboxylic acids is 1. The summed E-state index contributed by atoms with van der Waals surface area (Å²) in [6.45, 7) is 5.59. The summed E-state index contributed by atoms with van der Waals surface area (Å²) < 4.78 is 14.6. The third-order valence-electron chi connectivity index (χ3n) is 7.79. The van der Waals surface area contributed by atoms with E-state index in [2.05, 4.69) is 17.1 Å². The number of hydrogen-bond acceptors (Lipinski definition) is 5. The van der Waals surface area contributed by atoms with Gasteiger partial charge in [0.05, 0.1) is 19.7 Å². The zero-order valence-corrected chi connectivity index (χ0v) is 21.0. The molecule has 0 radical (unpaired) electrons. The number of nitrogens with zero attached hydrogens (tertiary/aromatic N) is 3. The monoisotopic (exact) mass is 480 g/mol. The second-order valence-corrected chi connectivity index (χ2v) is 10.1. The van der Waals surface area contributed by atoms with Crippen molar-refractivity contribution in [3.8, 4) is 11.5 Å². The van der Waals surface area contributed by atoms with Crippen LogP contribution >= 0.6 is 0 Å². The van der Waals surface area contributed by atoms with Gasteiger partial charge in [0.25, 0.3) is 11.5 Å². The van der Waals surface area contributed by atoms with Crippen LogP contribution in [0.5, 0.6) is 11.5 Å². The second kappa shape index (κ2) is 9.93. The first-order valence-electron chi connectivity index (χ1n) is 12.8. The molecule has 2 aromatic heterocycles. The van der Waals surface area contributed by atoms with Crippen LogP contribution in [-0.2, 0) is 6.54 Å². The fourth-order valence-corrected chi connectivity index (χ4v) is 5.68. The van der Waals surface area contributed by atoms with Crippen LogP contribution in [0.4, 0.5) is 0 Å². The van der Waals surface area contributed by atoms with Gasteiger partial charge in [0, 0.05) is 30.7 Å². The first-order chi connectivity index (χ1) is 17.0. The lowest BCUT2D eigenvalue weighted by Crippen LogP contribution is -2.41. The van der Waals surface area contributed by atoms with E-state index in [9.17, 15) is 9.59 Å². The number of amides is 1. The van der Waals surface area contributed by atoms with Gasteiger partial charge >= 0.3 is 0 Å². The van der Waals surface area contributed by atoms with Crippen LogP contribution in [0, 0.1) is 5.92 Å². The number of fused-ring (bicyclic) bond motifs is 3. The summed E-state index contributed by atoms with van der Waals surface area (Å²) in [6, 6.07) is 5.66. The van der Waals surface area contributed by atoms with E-state index in [-0.39, 0.29) is 17.5 Å². The molecule has 1 N–H and O–H groups in total. The molecule has 1 amide bonds. The van der Waals surface area contributed by atoms with Gasteiger partial charge in [-0.25, -0.2) is 0 Å². The minimum Gasteiger partial charge on any atom is -0.496 e. The molecule has 1 saturated carbocycles. The quantitative estimate of drug-likeness (QED) is 0.558. The van der Waals surface area contributed by atoms with Crippen molar-refractivity contribution in [2.45, 2.75) is 58.0 Å². The molecular formula is C27H36N4O4. The Kier molecular flexibility index (Phi) is 6.73. The van der Waals surface area contributed by atoms with Crippen molar-refractivity contribution >= 4 is 22.3 Å². The van der Waals surface area contributed by atoms with Crippen LogP contribution in [0.25, 0.3) is 16.4 Å². The number of nitrogens with one attached hydrogen (secondary N) is 1. The van der Waals surface area contributed by atoms with Crippen molar-refractivity contribution in [1.29, 1.82) is 0 Å². The fraction of sp³-hybridized carbons (Fsp3) is 0.556. The van der Waals surface area contributed by atoms with E-state index in [0.717, 1.165) is 56.2 Å². The van der Waals surface area contributed by atoms with E-state index >= 15 is 0 Å². The Balaban J connectivity index is 1.61. The topological polar surface area (TPSA) is 77.2 Å². The molecule has 2 aliphatic rings. The van der Waals surface area contributed by atoms with Crippen molar-refractivity contribution in [1.82, 2.24) is 19.2 Å². The number of aromatic nitrogens is 2. The molecule has 35 heavy (non-hydrogen) atoms. The second-order valence-electron chi connectivity index (χ2n) is 10.1. The maximum Gasteiger partial charge on any atom is 0.275 e. The zero-order valence-electron chi connectivity index (χ0n) is 21.0. The molecule has 0 atom stereocenters. The maximum absolute atomic E-state index is 13.8. The van der Waals surface area contributed by atoms with Gasteiger partial charge in [-0.2, -0.15) is 0 Å². The van der Waals surface area contributed by atoms with Crippen LogP contribution in [0.15, 0.2) is 29.2 Å². The molecule has 2 fully saturated rings. The average Bonchev–Trinajstić information content (AvgIpc) is 3.52. The summed E-state index contributed by atoms with van der Waals surface area (Å²) in [6.07, 6.45) is 8.35. The maximum atomic E-state index is 13.8. The summed E-state index contributed by atoms with van der Waals surface area (Å²) in [5.74, 6) is 1.80. The highest BCUT2D eigenvalue weighted by Crippen LogP contribution is 2.35. The van der Waals surface area contributed by atoms with Crippen LogP contribution in [0.2, 0.25) is 0 Å². The van der Waals surface area contributed by atoms with Gasteiger partial charge < -0.3 is 24.1 Å². The van der Waals surface area contributed by atoms with E-state index in [1.807, 2.05) is 18.2 Å². The Morgan fingerprint density at radius 2 is 1.71 bits per heavy atom. The number of rotatable bonds is 7. The standard InChI is InChI=1S/C27H36N4O4/c1-18-6-8-19(9-7-18)28-26(32)22-17-31-21(27(33)30(22)15-14-29-12-4-5-13-29)16-20-23(34-2)10-11-24(35-3)25(20)31/h10-11,16-19H,4-9,12-15H2,1-3H3,(H,28,32). The molecule has 5 rings (SSSR count). The van der Waals surface area contributed by atoms with E-state index in [4.69, 9.17) is 9.47 Å². The molecule has 0 bridgehead atoms. The van der Waals surface area contributed by atoms with Crippen molar-refractivity contribution in [2.75, 3.05) is 33.9 Å². The summed E-state index contributed by atoms with van der Waals surface area (Å²) in [7, 11) is 3.22. The van der Waals surface area contributed by atoms with Crippen LogP contribution in [0.1, 0.15) is 55.9 Å². The smallest absolute Gasteiger partial charge is 0.275 e. The Hall–Kier alpha value is -3.00. The van der Waals surface area contributed by atoms with Gasteiger partial charge in [-0.1, -0.05) is 6.92 Å². The lowest BCUT2D eigenvalue weighted by Gasteiger charge is -2.27. The van der Waals surface area contributed by atoms with Crippen molar-refractivity contribution in [2.24, 2.45) is 5.92 Å². The molecular weight excluding hydrogens is 444 g/mol. The van der Waals surface area contributed by atoms with Crippen LogP contribution < -0.4 is 20.3 Å².